The maximum Gasteiger partial charge on any atom is 0.341 e. The molecule has 1 aliphatic rings. The molecule has 1 unspecified atom stereocenters. The SMILES string of the molecule is O=S(=O)(c1ccccc1NCC1CCCN(Cc2cccs2)C1)C(F)F. The van der Waals surface area contributed by atoms with E-state index in [0.717, 1.165) is 32.5 Å². The molecule has 0 radical (unpaired) electrons. The summed E-state index contributed by atoms with van der Waals surface area (Å²) >= 11 is 1.74. The zero-order chi connectivity index (χ0) is 18.6. The van der Waals surface area contributed by atoms with E-state index in [4.69, 9.17) is 0 Å². The summed E-state index contributed by atoms with van der Waals surface area (Å²) in [6.45, 7) is 3.45. The monoisotopic (exact) mass is 400 g/mol. The highest BCUT2D eigenvalue weighted by Crippen LogP contribution is 2.27. The van der Waals surface area contributed by atoms with Gasteiger partial charge in [0.25, 0.3) is 0 Å². The predicted molar refractivity (Wildman–Crippen MR) is 100 cm³/mol. The van der Waals surface area contributed by atoms with Gasteiger partial charge in [-0.15, -0.1) is 11.3 Å². The first-order chi connectivity index (χ1) is 12.5. The van der Waals surface area contributed by atoms with Crippen LogP contribution in [-0.4, -0.2) is 38.7 Å². The standard InChI is InChI=1S/C18H22F2N2O2S2/c19-18(20)26(23,24)17-8-2-1-7-16(17)21-11-14-5-3-9-22(12-14)13-15-6-4-10-25-15/h1-2,4,6-8,10,14,18,21H,3,5,9,11-13H2. The molecule has 26 heavy (non-hydrogen) atoms. The summed E-state index contributed by atoms with van der Waals surface area (Å²) < 4.78 is 49.4. The Labute approximate surface area is 156 Å². The van der Waals surface area contributed by atoms with E-state index >= 15 is 0 Å². The van der Waals surface area contributed by atoms with E-state index < -0.39 is 15.6 Å². The minimum Gasteiger partial charge on any atom is -0.384 e. The molecule has 142 valence electrons. The van der Waals surface area contributed by atoms with Crippen molar-refractivity contribution in [3.8, 4) is 0 Å². The van der Waals surface area contributed by atoms with Gasteiger partial charge in [0, 0.05) is 24.5 Å². The van der Waals surface area contributed by atoms with Crippen LogP contribution >= 0.6 is 11.3 Å². The molecule has 0 saturated carbocycles. The van der Waals surface area contributed by atoms with Gasteiger partial charge in [-0.3, -0.25) is 4.90 Å². The third-order valence-corrected chi connectivity index (χ3v) is 6.87. The lowest BCUT2D eigenvalue weighted by molar-refractivity contribution is 0.174. The summed E-state index contributed by atoms with van der Waals surface area (Å²) in [5, 5.41) is 5.15. The molecule has 1 N–H and O–H groups in total. The Morgan fingerprint density at radius 1 is 1.23 bits per heavy atom. The van der Waals surface area contributed by atoms with Crippen LogP contribution in [0, 0.1) is 5.92 Å². The third-order valence-electron chi connectivity index (χ3n) is 4.57. The number of sulfone groups is 1. The lowest BCUT2D eigenvalue weighted by Crippen LogP contribution is -2.37. The van der Waals surface area contributed by atoms with Crippen molar-refractivity contribution in [2.24, 2.45) is 5.92 Å². The molecule has 1 aliphatic heterocycles. The number of thiophene rings is 1. The van der Waals surface area contributed by atoms with E-state index in [1.54, 1.807) is 23.5 Å². The van der Waals surface area contributed by atoms with Crippen LogP contribution in [0.25, 0.3) is 0 Å². The highest BCUT2D eigenvalue weighted by Gasteiger charge is 2.29. The van der Waals surface area contributed by atoms with Gasteiger partial charge in [-0.2, -0.15) is 8.78 Å². The van der Waals surface area contributed by atoms with Gasteiger partial charge < -0.3 is 5.32 Å². The molecule has 0 aliphatic carbocycles. The summed E-state index contributed by atoms with van der Waals surface area (Å²) in [6.07, 6.45) is 2.12. The van der Waals surface area contributed by atoms with E-state index in [9.17, 15) is 17.2 Å². The molecule has 8 heteroatoms. The molecule has 1 fully saturated rings. The molecule has 1 aromatic carbocycles. The Balaban J connectivity index is 1.62. The second-order valence-corrected chi connectivity index (χ2v) is 9.42. The van der Waals surface area contributed by atoms with Crippen molar-refractivity contribution >= 4 is 26.9 Å². The van der Waals surface area contributed by atoms with Crippen molar-refractivity contribution in [2.75, 3.05) is 25.0 Å². The fourth-order valence-electron chi connectivity index (χ4n) is 3.30. The highest BCUT2D eigenvalue weighted by molar-refractivity contribution is 7.91. The molecule has 2 aromatic rings. The number of alkyl halides is 2. The largest absolute Gasteiger partial charge is 0.384 e. The van der Waals surface area contributed by atoms with Crippen molar-refractivity contribution in [3.63, 3.8) is 0 Å². The molecule has 1 atom stereocenters. The average Bonchev–Trinajstić information content (AvgIpc) is 3.13. The number of nitrogens with zero attached hydrogens (tertiary/aromatic N) is 1. The Morgan fingerprint density at radius 3 is 2.77 bits per heavy atom. The molecule has 0 bridgehead atoms. The van der Waals surface area contributed by atoms with Crippen LogP contribution in [0.2, 0.25) is 0 Å². The predicted octanol–water partition coefficient (Wildman–Crippen LogP) is 4.07. The smallest absolute Gasteiger partial charge is 0.341 e. The first-order valence-electron chi connectivity index (χ1n) is 8.56. The van der Waals surface area contributed by atoms with Crippen LogP contribution in [0.1, 0.15) is 17.7 Å². The maximum absolute atomic E-state index is 12.9. The molecular formula is C18H22F2N2O2S2. The van der Waals surface area contributed by atoms with E-state index in [1.807, 2.05) is 6.07 Å². The van der Waals surface area contributed by atoms with E-state index in [2.05, 4.69) is 21.7 Å². The first kappa shape index (κ1) is 19.3. The van der Waals surface area contributed by atoms with Crippen LogP contribution in [-0.2, 0) is 16.4 Å². The van der Waals surface area contributed by atoms with Gasteiger partial charge in [0.05, 0.1) is 10.6 Å². The van der Waals surface area contributed by atoms with Crippen LogP contribution in [0.3, 0.4) is 0 Å². The number of nitrogens with one attached hydrogen (secondary N) is 1. The Bertz CT molecular complexity index is 810. The van der Waals surface area contributed by atoms with Gasteiger partial charge in [-0.1, -0.05) is 18.2 Å². The molecule has 2 heterocycles. The summed E-state index contributed by atoms with van der Waals surface area (Å²) in [5.41, 5.74) is 0.253. The Hall–Kier alpha value is -1.51. The molecule has 0 spiro atoms. The van der Waals surface area contributed by atoms with Crippen LogP contribution in [0.4, 0.5) is 14.5 Å². The van der Waals surface area contributed by atoms with Gasteiger partial charge in [0.2, 0.25) is 9.84 Å². The van der Waals surface area contributed by atoms with E-state index in [-0.39, 0.29) is 10.6 Å². The topological polar surface area (TPSA) is 49.4 Å². The number of hydrogen-bond donors (Lipinski definition) is 1. The van der Waals surface area contributed by atoms with Gasteiger partial charge in [0.15, 0.2) is 0 Å². The number of anilines is 1. The minimum atomic E-state index is -4.61. The average molecular weight is 401 g/mol. The highest BCUT2D eigenvalue weighted by atomic mass is 32.2. The normalized spacial score (nSPS) is 19.0. The lowest BCUT2D eigenvalue weighted by atomic mass is 9.98. The molecule has 4 nitrogen and oxygen atoms in total. The van der Waals surface area contributed by atoms with Gasteiger partial charge in [-0.25, -0.2) is 8.42 Å². The van der Waals surface area contributed by atoms with Crippen molar-refractivity contribution < 1.29 is 17.2 Å². The molecule has 3 rings (SSSR count). The zero-order valence-electron chi connectivity index (χ0n) is 14.3. The van der Waals surface area contributed by atoms with Gasteiger partial charge >= 0.3 is 5.76 Å². The second kappa shape index (κ2) is 8.45. The number of hydrogen-bond acceptors (Lipinski definition) is 5. The van der Waals surface area contributed by atoms with Crippen LogP contribution in [0.5, 0.6) is 0 Å². The van der Waals surface area contributed by atoms with Crippen LogP contribution in [0.15, 0.2) is 46.7 Å². The third kappa shape index (κ3) is 4.61. The van der Waals surface area contributed by atoms with Crippen molar-refractivity contribution in [2.45, 2.75) is 30.0 Å². The number of para-hydroxylation sites is 1. The fourth-order valence-corrected chi connectivity index (χ4v) is 4.95. The molecule has 0 amide bonds. The van der Waals surface area contributed by atoms with Crippen molar-refractivity contribution in [1.29, 1.82) is 0 Å². The lowest BCUT2D eigenvalue weighted by Gasteiger charge is -2.32. The minimum absolute atomic E-state index is 0.253. The summed E-state index contributed by atoms with van der Waals surface area (Å²) in [7, 11) is -4.61. The Morgan fingerprint density at radius 2 is 2.04 bits per heavy atom. The van der Waals surface area contributed by atoms with Crippen molar-refractivity contribution in [1.82, 2.24) is 4.90 Å². The van der Waals surface area contributed by atoms with Gasteiger partial charge in [0.1, 0.15) is 0 Å². The quantitative estimate of drug-likeness (QED) is 0.761. The Kier molecular flexibility index (Phi) is 6.26. The van der Waals surface area contributed by atoms with Crippen LogP contribution < -0.4 is 5.32 Å². The number of benzene rings is 1. The number of rotatable bonds is 7. The number of halogens is 2. The molecule has 1 saturated heterocycles. The molecule has 1 aromatic heterocycles. The summed E-state index contributed by atoms with van der Waals surface area (Å²) in [5.74, 6) is -3.06. The van der Waals surface area contributed by atoms with Crippen molar-refractivity contribution in [3.05, 3.63) is 46.7 Å². The maximum atomic E-state index is 12.9. The number of likely N-dealkylation sites (tertiary alicyclic amines) is 1. The first-order valence-corrected chi connectivity index (χ1v) is 11.0. The van der Waals surface area contributed by atoms with E-state index in [0.29, 0.717) is 12.5 Å². The fraction of sp³-hybridized carbons (Fsp3) is 0.444. The second-order valence-electron chi connectivity index (χ2n) is 6.51. The zero-order valence-corrected chi connectivity index (χ0v) is 15.9. The number of piperidine rings is 1. The van der Waals surface area contributed by atoms with Gasteiger partial charge in [-0.05, 0) is 48.9 Å². The summed E-state index contributed by atoms with van der Waals surface area (Å²) in [4.78, 5) is 3.39. The summed E-state index contributed by atoms with van der Waals surface area (Å²) in [6, 6.07) is 10.1. The molecular weight excluding hydrogens is 378 g/mol. The van der Waals surface area contributed by atoms with E-state index in [1.165, 1.54) is 17.0 Å².